The SMILES string of the molecule is CC[C@H](C)c1ccc(S(=O)(=O)Nc2cc(OC)ccc2OC)cc1. The number of anilines is 1. The summed E-state index contributed by atoms with van der Waals surface area (Å²) in [6.07, 6.45) is 1.01. The molecule has 0 heterocycles. The highest BCUT2D eigenvalue weighted by Gasteiger charge is 2.17. The van der Waals surface area contributed by atoms with Crippen LogP contribution in [0.5, 0.6) is 11.5 Å². The maximum atomic E-state index is 12.6. The van der Waals surface area contributed by atoms with E-state index in [-0.39, 0.29) is 4.90 Å². The fourth-order valence-electron chi connectivity index (χ4n) is 2.31. The molecule has 24 heavy (non-hydrogen) atoms. The number of methoxy groups -OCH3 is 2. The highest BCUT2D eigenvalue weighted by molar-refractivity contribution is 7.92. The van der Waals surface area contributed by atoms with Crippen LogP contribution < -0.4 is 14.2 Å². The maximum absolute atomic E-state index is 12.6. The number of benzene rings is 2. The molecule has 0 saturated heterocycles. The van der Waals surface area contributed by atoms with Crippen molar-refractivity contribution in [1.29, 1.82) is 0 Å². The molecule has 0 aromatic heterocycles. The molecule has 0 amide bonds. The molecule has 0 aliphatic rings. The van der Waals surface area contributed by atoms with E-state index in [0.29, 0.717) is 23.1 Å². The van der Waals surface area contributed by atoms with Crippen molar-refractivity contribution in [2.75, 3.05) is 18.9 Å². The number of nitrogens with one attached hydrogen (secondary N) is 1. The Morgan fingerprint density at radius 1 is 1.04 bits per heavy atom. The summed E-state index contributed by atoms with van der Waals surface area (Å²) in [4.78, 5) is 0.208. The van der Waals surface area contributed by atoms with Gasteiger partial charge in [0.1, 0.15) is 11.5 Å². The molecule has 0 aliphatic carbocycles. The zero-order valence-corrected chi connectivity index (χ0v) is 15.2. The number of ether oxygens (including phenoxy) is 2. The molecule has 130 valence electrons. The second-order valence-corrected chi connectivity index (χ2v) is 7.23. The molecule has 0 spiro atoms. The summed E-state index contributed by atoms with van der Waals surface area (Å²) in [5.41, 5.74) is 1.46. The minimum absolute atomic E-state index is 0.208. The molecule has 1 N–H and O–H groups in total. The fourth-order valence-corrected chi connectivity index (χ4v) is 3.37. The van der Waals surface area contributed by atoms with Gasteiger partial charge in [-0.05, 0) is 42.2 Å². The lowest BCUT2D eigenvalue weighted by Gasteiger charge is -2.14. The molecule has 0 unspecified atom stereocenters. The number of hydrogen-bond acceptors (Lipinski definition) is 4. The lowest BCUT2D eigenvalue weighted by Crippen LogP contribution is -2.14. The summed E-state index contributed by atoms with van der Waals surface area (Å²) >= 11 is 0. The van der Waals surface area contributed by atoms with E-state index in [1.54, 1.807) is 30.3 Å². The standard InChI is InChI=1S/C18H23NO4S/c1-5-13(2)14-6-9-16(10-7-14)24(20,21)19-17-12-15(22-3)8-11-18(17)23-4/h6-13,19H,5H2,1-4H3/t13-/m0/s1. The topological polar surface area (TPSA) is 64.6 Å². The molecule has 0 fully saturated rings. The molecular weight excluding hydrogens is 326 g/mol. The Bertz CT molecular complexity index is 785. The van der Waals surface area contributed by atoms with Crippen LogP contribution in [0.1, 0.15) is 31.7 Å². The molecule has 0 saturated carbocycles. The summed E-state index contributed by atoms with van der Waals surface area (Å²) in [6, 6.07) is 11.9. The quantitative estimate of drug-likeness (QED) is 0.820. The Morgan fingerprint density at radius 3 is 2.25 bits per heavy atom. The van der Waals surface area contributed by atoms with E-state index < -0.39 is 10.0 Å². The minimum atomic E-state index is -3.71. The van der Waals surface area contributed by atoms with Gasteiger partial charge >= 0.3 is 0 Å². The second kappa shape index (κ2) is 7.57. The number of rotatable bonds is 7. The van der Waals surface area contributed by atoms with Gasteiger partial charge in [-0.3, -0.25) is 4.72 Å². The van der Waals surface area contributed by atoms with Gasteiger partial charge in [0.05, 0.1) is 24.8 Å². The molecule has 1 atom stereocenters. The average molecular weight is 349 g/mol. The lowest BCUT2D eigenvalue weighted by molar-refractivity contribution is 0.405. The van der Waals surface area contributed by atoms with Crippen LogP contribution in [0.25, 0.3) is 0 Å². The Kier molecular flexibility index (Phi) is 5.72. The van der Waals surface area contributed by atoms with Crippen molar-refractivity contribution in [2.45, 2.75) is 31.1 Å². The van der Waals surface area contributed by atoms with E-state index in [2.05, 4.69) is 18.6 Å². The predicted molar refractivity (Wildman–Crippen MR) is 95.5 cm³/mol. The van der Waals surface area contributed by atoms with Crippen molar-refractivity contribution >= 4 is 15.7 Å². The van der Waals surface area contributed by atoms with Gasteiger partial charge in [-0.1, -0.05) is 26.0 Å². The smallest absolute Gasteiger partial charge is 0.262 e. The van der Waals surface area contributed by atoms with Crippen molar-refractivity contribution in [3.8, 4) is 11.5 Å². The van der Waals surface area contributed by atoms with Crippen LogP contribution in [-0.2, 0) is 10.0 Å². The fraction of sp³-hybridized carbons (Fsp3) is 0.333. The van der Waals surface area contributed by atoms with Crippen molar-refractivity contribution in [3.05, 3.63) is 48.0 Å². The molecule has 2 aromatic rings. The molecule has 0 bridgehead atoms. The van der Waals surface area contributed by atoms with E-state index in [4.69, 9.17) is 9.47 Å². The Morgan fingerprint density at radius 2 is 1.71 bits per heavy atom. The molecular formula is C18H23NO4S. The summed E-state index contributed by atoms with van der Waals surface area (Å²) in [7, 11) is -0.697. The zero-order valence-electron chi connectivity index (χ0n) is 14.4. The zero-order chi connectivity index (χ0) is 17.7. The summed E-state index contributed by atoms with van der Waals surface area (Å²) in [6.45, 7) is 4.22. The first kappa shape index (κ1) is 18.1. The summed E-state index contributed by atoms with van der Waals surface area (Å²) in [5, 5.41) is 0. The number of hydrogen-bond donors (Lipinski definition) is 1. The van der Waals surface area contributed by atoms with Crippen molar-refractivity contribution in [2.24, 2.45) is 0 Å². The van der Waals surface area contributed by atoms with Gasteiger partial charge in [0, 0.05) is 6.07 Å². The predicted octanol–water partition coefficient (Wildman–Crippen LogP) is 4.02. The van der Waals surface area contributed by atoms with Gasteiger partial charge < -0.3 is 9.47 Å². The van der Waals surface area contributed by atoms with Crippen LogP contribution in [0.15, 0.2) is 47.4 Å². The van der Waals surface area contributed by atoms with Crippen molar-refractivity contribution in [1.82, 2.24) is 0 Å². The van der Waals surface area contributed by atoms with E-state index in [1.807, 2.05) is 12.1 Å². The molecule has 0 radical (unpaired) electrons. The highest BCUT2D eigenvalue weighted by atomic mass is 32.2. The monoisotopic (exact) mass is 349 g/mol. The van der Waals surface area contributed by atoms with Crippen LogP contribution in [0.3, 0.4) is 0 Å². The van der Waals surface area contributed by atoms with Gasteiger partial charge in [-0.15, -0.1) is 0 Å². The first-order valence-corrected chi connectivity index (χ1v) is 9.24. The summed E-state index contributed by atoms with van der Waals surface area (Å²) < 4.78 is 38.1. The highest BCUT2D eigenvalue weighted by Crippen LogP contribution is 2.31. The third-order valence-electron chi connectivity index (χ3n) is 4.02. The first-order chi connectivity index (χ1) is 11.4. The third-order valence-corrected chi connectivity index (χ3v) is 5.40. The molecule has 5 nitrogen and oxygen atoms in total. The normalized spacial score (nSPS) is 12.5. The molecule has 0 aliphatic heterocycles. The Balaban J connectivity index is 2.31. The van der Waals surface area contributed by atoms with Crippen molar-refractivity contribution < 1.29 is 17.9 Å². The molecule has 2 rings (SSSR count). The van der Waals surface area contributed by atoms with Gasteiger partial charge in [-0.2, -0.15) is 0 Å². The lowest BCUT2D eigenvalue weighted by atomic mass is 9.99. The van der Waals surface area contributed by atoms with E-state index in [9.17, 15) is 8.42 Å². The average Bonchev–Trinajstić information content (AvgIpc) is 2.60. The maximum Gasteiger partial charge on any atom is 0.262 e. The third kappa shape index (κ3) is 4.00. The molecule has 6 heteroatoms. The largest absolute Gasteiger partial charge is 0.497 e. The van der Waals surface area contributed by atoms with Crippen LogP contribution >= 0.6 is 0 Å². The van der Waals surface area contributed by atoms with Crippen LogP contribution in [0.4, 0.5) is 5.69 Å². The second-order valence-electron chi connectivity index (χ2n) is 5.55. The van der Waals surface area contributed by atoms with Crippen molar-refractivity contribution in [3.63, 3.8) is 0 Å². The van der Waals surface area contributed by atoms with Crippen LogP contribution in [-0.4, -0.2) is 22.6 Å². The molecule has 2 aromatic carbocycles. The van der Waals surface area contributed by atoms with E-state index in [0.717, 1.165) is 12.0 Å². The first-order valence-electron chi connectivity index (χ1n) is 7.76. The van der Waals surface area contributed by atoms with Crippen LogP contribution in [0.2, 0.25) is 0 Å². The minimum Gasteiger partial charge on any atom is -0.497 e. The van der Waals surface area contributed by atoms with Gasteiger partial charge in [0.2, 0.25) is 0 Å². The van der Waals surface area contributed by atoms with E-state index >= 15 is 0 Å². The van der Waals surface area contributed by atoms with Gasteiger partial charge in [0.25, 0.3) is 10.0 Å². The van der Waals surface area contributed by atoms with Crippen LogP contribution in [0, 0.1) is 0 Å². The number of sulfonamides is 1. The van der Waals surface area contributed by atoms with E-state index in [1.165, 1.54) is 14.2 Å². The Labute approximate surface area is 143 Å². The Hall–Kier alpha value is -2.21. The van der Waals surface area contributed by atoms with Gasteiger partial charge in [-0.25, -0.2) is 8.42 Å². The summed E-state index contributed by atoms with van der Waals surface area (Å²) in [5.74, 6) is 1.37. The van der Waals surface area contributed by atoms with Gasteiger partial charge in [0.15, 0.2) is 0 Å².